The summed E-state index contributed by atoms with van der Waals surface area (Å²) >= 11 is 0. The summed E-state index contributed by atoms with van der Waals surface area (Å²) in [4.78, 5) is 81.8. The number of nitrogens with zero attached hydrogens (tertiary/aromatic N) is 4. The fraction of sp³-hybridized carbons (Fsp3) is 0.222. The Balaban J connectivity index is 1.06. The third-order valence-corrected chi connectivity index (χ3v) is 19.5. The molecule has 8 aromatic carbocycles. The molecule has 17 rings (SSSR count). The Labute approximate surface area is 512 Å². The quantitative estimate of drug-likeness (QED) is 0.0565. The van der Waals surface area contributed by atoms with E-state index in [1.165, 1.54) is 0 Å². The van der Waals surface area contributed by atoms with Crippen LogP contribution in [0.5, 0.6) is 23.0 Å². The van der Waals surface area contributed by atoms with Crippen LogP contribution in [-0.4, -0.2) is 84.2 Å². The van der Waals surface area contributed by atoms with Crippen molar-refractivity contribution in [2.75, 3.05) is 0 Å². The molecule has 4 aromatic heterocycles. The molecule has 0 amide bonds. The van der Waals surface area contributed by atoms with E-state index < -0.39 is 23.9 Å². The number of ether oxygens (including phenoxy) is 2. The van der Waals surface area contributed by atoms with E-state index in [0.29, 0.717) is 104 Å². The van der Waals surface area contributed by atoms with E-state index in [2.05, 4.69) is 133 Å². The van der Waals surface area contributed by atoms with Crippen LogP contribution in [0.15, 0.2) is 97.1 Å². The summed E-state index contributed by atoms with van der Waals surface area (Å²) in [7, 11) is 0. The highest BCUT2D eigenvalue weighted by atomic mass is 16.5. The Morgan fingerprint density at radius 3 is 0.878 bits per heavy atom. The first kappa shape index (κ1) is 53.4. The van der Waals surface area contributed by atoms with Gasteiger partial charge in [-0.3, -0.25) is 19.2 Å². The van der Waals surface area contributed by atoms with Gasteiger partial charge in [0.2, 0.25) is 0 Å². The van der Waals surface area contributed by atoms with Crippen LogP contribution < -0.4 is 9.47 Å². The van der Waals surface area contributed by atoms with Gasteiger partial charge >= 0.3 is 23.9 Å². The zero-order chi connectivity index (χ0) is 61.4. The van der Waals surface area contributed by atoms with Gasteiger partial charge in [-0.15, -0.1) is 0 Å². The standard InChI is InChI=1S/C72H56N8O10/c1-5-29-33-9-35-30(6-2)37-13-51-32(8-4)52-14-38-31(7-3)36-10-34(29)40-12-42(36)46-18-56-58(78-67(76-56)27-71(85)86)20-48(46)50(38)22-62(52)90-64-24-60-59(79-68(80-60)28-72(87)88)23-63(64)89-61(51)21-49(37)47-19-57-55(75-66(77-57)26-70(83)84)17-45(47)41(35)11-39(33)43-15-53-54(16-44(40)43)74-65(73-53)25-69(81)82/h9-24,29-32H,5-8,25-28H2,1-4H3,(H,73,74)(H,75,77)(H,76,78)(H,79,80)(H,81,82)(H,83,84)(H,85,86)(H,87,88). The van der Waals surface area contributed by atoms with Crippen LogP contribution in [0.3, 0.4) is 0 Å². The molecule has 444 valence electrons. The van der Waals surface area contributed by atoms with Crippen LogP contribution in [0.2, 0.25) is 0 Å². The molecule has 0 saturated carbocycles. The molecule has 4 atom stereocenters. The number of fused-ring (bicyclic) bond motifs is 14. The van der Waals surface area contributed by atoms with Gasteiger partial charge in [0.05, 0.1) is 44.1 Å². The second-order valence-corrected chi connectivity index (χ2v) is 24.6. The number of benzene rings is 8. The monoisotopic (exact) mass is 1190 g/mol. The number of carboxylic acid groups (broad SMARTS) is 4. The predicted molar refractivity (Wildman–Crippen MR) is 338 cm³/mol. The number of hydrogen-bond donors (Lipinski definition) is 8. The second-order valence-electron chi connectivity index (χ2n) is 24.6. The Morgan fingerprint density at radius 2 is 0.567 bits per heavy atom. The maximum atomic E-state index is 12.3. The van der Waals surface area contributed by atoms with Gasteiger partial charge in [0.15, 0.2) is 11.5 Å². The molecule has 18 heteroatoms. The van der Waals surface area contributed by atoms with E-state index in [4.69, 9.17) is 29.4 Å². The lowest BCUT2D eigenvalue weighted by Crippen LogP contribution is -2.11. The molecule has 18 nitrogen and oxygen atoms in total. The molecular weight excluding hydrogens is 1140 g/mol. The van der Waals surface area contributed by atoms with Crippen molar-refractivity contribution in [1.29, 1.82) is 0 Å². The molecule has 5 heterocycles. The van der Waals surface area contributed by atoms with E-state index in [-0.39, 0.29) is 55.2 Å². The Kier molecular flexibility index (Phi) is 11.4. The van der Waals surface area contributed by atoms with Gasteiger partial charge in [-0.2, -0.15) is 0 Å². The maximum Gasteiger partial charge on any atom is 0.311 e. The lowest BCUT2D eigenvalue weighted by Gasteiger charge is -2.29. The number of aromatic amines is 4. The zero-order valence-corrected chi connectivity index (χ0v) is 49.2. The number of carbonyl (C=O) groups is 4. The van der Waals surface area contributed by atoms with Crippen molar-refractivity contribution in [2.45, 2.75) is 103 Å². The average molecular weight is 1190 g/mol. The van der Waals surface area contributed by atoms with Crippen LogP contribution >= 0.6 is 0 Å². The number of rotatable bonds is 12. The Bertz CT molecular complexity index is 4970. The molecular formula is C72H56N8O10. The molecule has 0 spiro atoms. The number of carboxylic acids is 4. The molecule has 90 heavy (non-hydrogen) atoms. The minimum Gasteiger partial charge on any atom is -0.481 e. The van der Waals surface area contributed by atoms with Crippen LogP contribution in [0.25, 0.3) is 111 Å². The average Bonchev–Trinajstić information content (AvgIpc) is 1.54. The number of imidazole rings is 4. The fourth-order valence-corrected chi connectivity index (χ4v) is 15.8. The Hall–Kier alpha value is -10.9. The molecule has 0 fully saturated rings. The smallest absolute Gasteiger partial charge is 0.311 e. The molecule has 4 aliphatic carbocycles. The number of aliphatic carboxylic acids is 4. The molecule has 8 bridgehead atoms. The third-order valence-electron chi connectivity index (χ3n) is 19.5. The highest BCUT2D eigenvalue weighted by Gasteiger charge is 2.39. The minimum absolute atomic E-state index is 0.144. The summed E-state index contributed by atoms with van der Waals surface area (Å²) in [6.07, 6.45) is 1.58. The van der Waals surface area contributed by atoms with Crippen molar-refractivity contribution < 1.29 is 49.1 Å². The van der Waals surface area contributed by atoms with Crippen molar-refractivity contribution in [2.24, 2.45) is 0 Å². The topological polar surface area (TPSA) is 282 Å². The van der Waals surface area contributed by atoms with Crippen LogP contribution in [0.4, 0.5) is 0 Å². The van der Waals surface area contributed by atoms with Gasteiger partial charge < -0.3 is 49.8 Å². The first-order valence-corrected chi connectivity index (χ1v) is 30.7. The van der Waals surface area contributed by atoms with Crippen molar-refractivity contribution >= 4 is 68.0 Å². The second kappa shape index (κ2) is 19.3. The summed E-state index contributed by atoms with van der Waals surface area (Å²) < 4.78 is 14.8. The molecule has 0 radical (unpaired) electrons. The largest absolute Gasteiger partial charge is 0.481 e. The number of aromatic nitrogens is 8. The van der Waals surface area contributed by atoms with E-state index in [1.807, 2.05) is 6.07 Å². The highest BCUT2D eigenvalue weighted by molar-refractivity contribution is 6.05. The van der Waals surface area contributed by atoms with E-state index >= 15 is 0 Å². The van der Waals surface area contributed by atoms with E-state index in [0.717, 1.165) is 118 Å². The first-order chi connectivity index (χ1) is 43.6. The van der Waals surface area contributed by atoms with Crippen molar-refractivity contribution in [1.82, 2.24) is 39.9 Å². The molecule has 4 unspecified atom stereocenters. The van der Waals surface area contributed by atoms with Crippen LogP contribution in [-0.2, 0) is 44.9 Å². The van der Waals surface area contributed by atoms with Crippen LogP contribution in [0.1, 0.15) is 145 Å². The molecule has 1 aliphatic heterocycles. The normalized spacial score (nSPS) is 16.7. The van der Waals surface area contributed by atoms with Gasteiger partial charge in [-0.1, -0.05) is 52.0 Å². The van der Waals surface area contributed by atoms with Gasteiger partial charge in [0.25, 0.3) is 0 Å². The summed E-state index contributed by atoms with van der Waals surface area (Å²) in [5.74, 6) is -1.72. The third kappa shape index (κ3) is 7.95. The SMILES string of the molecule is CCC1c2cc3c4cc2Oc2cc5nc(CC(=O)O)[nH]c5cc2Oc2cc5c(cc21)C(CC)c1cc2c(cc1-c1cc6nc(CC(=O)O)[nH]c6cc1-5)-c1cc5[nH]c(CC(=O)O)nc5cc1-c1cc(c(cc1C2CC)C3CC)-c1cc2nc(CC(=O)O)[nH]c2cc1-4. The van der Waals surface area contributed by atoms with Crippen LogP contribution in [0, 0.1) is 0 Å². The minimum atomic E-state index is -1.03. The van der Waals surface area contributed by atoms with Crippen molar-refractivity contribution in [3.05, 3.63) is 165 Å². The van der Waals surface area contributed by atoms with Gasteiger partial charge in [-0.25, -0.2) is 19.9 Å². The lowest BCUT2D eigenvalue weighted by atomic mass is 9.75. The molecule has 5 aliphatic rings. The molecule has 0 saturated heterocycles. The van der Waals surface area contributed by atoms with E-state index in [1.54, 1.807) is 6.07 Å². The molecule has 8 N–H and O–H groups in total. The number of nitrogens with one attached hydrogen (secondary N) is 4. The lowest BCUT2D eigenvalue weighted by molar-refractivity contribution is -0.137. The Morgan fingerprint density at radius 1 is 0.311 bits per heavy atom. The van der Waals surface area contributed by atoms with Crippen molar-refractivity contribution in [3.8, 4) is 89.8 Å². The summed E-state index contributed by atoms with van der Waals surface area (Å²) in [6, 6.07) is 34.8. The fourth-order valence-electron chi connectivity index (χ4n) is 15.8. The first-order valence-electron chi connectivity index (χ1n) is 30.7. The predicted octanol–water partition coefficient (Wildman–Crippen LogP) is 15.0. The van der Waals surface area contributed by atoms with Crippen molar-refractivity contribution in [3.63, 3.8) is 0 Å². The van der Waals surface area contributed by atoms with Gasteiger partial charge in [0.1, 0.15) is 60.5 Å². The summed E-state index contributed by atoms with van der Waals surface area (Å²) in [5, 5.41) is 40.1. The van der Waals surface area contributed by atoms with Gasteiger partial charge in [0, 0.05) is 46.9 Å². The maximum absolute atomic E-state index is 12.3. The zero-order valence-electron chi connectivity index (χ0n) is 49.2. The highest BCUT2D eigenvalue weighted by Crippen LogP contribution is 2.60. The summed E-state index contributed by atoms with van der Waals surface area (Å²) in [6.45, 7) is 8.91. The number of hydrogen-bond acceptors (Lipinski definition) is 10. The van der Waals surface area contributed by atoms with E-state index in [9.17, 15) is 39.6 Å². The number of H-pyrrole nitrogens is 4. The summed E-state index contributed by atoms with van der Waals surface area (Å²) in [5.41, 5.74) is 24.7. The van der Waals surface area contributed by atoms with Gasteiger partial charge in [-0.05, 0) is 186 Å². The molecule has 12 aromatic rings.